The fraction of sp³-hybridized carbons (Fsp3) is 0.438. The van der Waals surface area contributed by atoms with Crippen molar-refractivity contribution < 1.29 is 9.53 Å². The molecule has 0 saturated heterocycles. The van der Waals surface area contributed by atoms with Gasteiger partial charge in [0.05, 0.1) is 18.9 Å². The maximum Gasteiger partial charge on any atom is 0.234 e. The van der Waals surface area contributed by atoms with Crippen LogP contribution in [0.1, 0.15) is 19.4 Å². The Morgan fingerprint density at radius 1 is 1.48 bits per heavy atom. The predicted octanol–water partition coefficient (Wildman–Crippen LogP) is 1.83. The Morgan fingerprint density at radius 3 is 2.84 bits per heavy atom. The number of nitriles is 1. The summed E-state index contributed by atoms with van der Waals surface area (Å²) >= 11 is 1.21. The molecule has 2 rings (SSSR count). The van der Waals surface area contributed by atoms with Crippen LogP contribution in [0.4, 0.5) is 0 Å². The quantitative estimate of drug-likeness (QED) is 0.725. The van der Waals surface area contributed by atoms with Crippen LogP contribution in [0.15, 0.2) is 23.4 Å². The standard InChI is InChI=1S/C16H20N6O2S/c1-11-6-7-13(24-5)12(8-11)22-15(18-19-20-22)25-9-14(23)21(4)16(2,3)10-17/h6-8H,9H2,1-5H3. The fourth-order valence-corrected chi connectivity index (χ4v) is 2.79. The Kier molecular flexibility index (Phi) is 5.64. The number of carbonyl (C=O) groups excluding carboxylic acids is 1. The molecule has 0 aliphatic rings. The zero-order chi connectivity index (χ0) is 18.6. The lowest BCUT2D eigenvalue weighted by molar-refractivity contribution is -0.130. The van der Waals surface area contributed by atoms with Gasteiger partial charge in [-0.15, -0.1) is 5.10 Å². The van der Waals surface area contributed by atoms with Crippen LogP contribution < -0.4 is 4.74 Å². The molecule has 0 N–H and O–H groups in total. The Balaban J connectivity index is 2.20. The van der Waals surface area contributed by atoms with Gasteiger partial charge in [-0.25, -0.2) is 0 Å². The summed E-state index contributed by atoms with van der Waals surface area (Å²) in [6.07, 6.45) is 0. The Morgan fingerprint density at radius 2 is 2.20 bits per heavy atom. The van der Waals surface area contributed by atoms with E-state index in [1.165, 1.54) is 16.7 Å². The molecule has 0 aliphatic carbocycles. The number of thioether (sulfide) groups is 1. The van der Waals surface area contributed by atoms with Crippen LogP contribution in [-0.2, 0) is 4.79 Å². The third kappa shape index (κ3) is 4.09. The van der Waals surface area contributed by atoms with E-state index < -0.39 is 5.54 Å². The van der Waals surface area contributed by atoms with Crippen LogP contribution in [0.5, 0.6) is 5.75 Å². The summed E-state index contributed by atoms with van der Waals surface area (Å²) in [6.45, 7) is 5.34. The third-order valence-electron chi connectivity index (χ3n) is 3.81. The normalized spacial score (nSPS) is 11.0. The number of carbonyl (C=O) groups is 1. The minimum absolute atomic E-state index is 0.121. The number of amides is 1. The van der Waals surface area contributed by atoms with Gasteiger partial charge in [0.2, 0.25) is 11.1 Å². The molecule has 2 aromatic rings. The molecule has 1 heterocycles. The minimum atomic E-state index is -0.872. The van der Waals surface area contributed by atoms with Crippen molar-refractivity contribution in [1.82, 2.24) is 25.1 Å². The molecule has 8 nitrogen and oxygen atoms in total. The maximum absolute atomic E-state index is 12.3. The highest BCUT2D eigenvalue weighted by atomic mass is 32.2. The van der Waals surface area contributed by atoms with E-state index in [1.807, 2.05) is 25.1 Å². The van der Waals surface area contributed by atoms with Crippen LogP contribution in [0.3, 0.4) is 0 Å². The van der Waals surface area contributed by atoms with E-state index in [2.05, 4.69) is 21.6 Å². The van der Waals surface area contributed by atoms with Crippen LogP contribution in [0.2, 0.25) is 0 Å². The first-order valence-electron chi connectivity index (χ1n) is 7.54. The number of tetrazole rings is 1. The van der Waals surface area contributed by atoms with Crippen LogP contribution in [0, 0.1) is 18.3 Å². The van der Waals surface area contributed by atoms with Crippen molar-refractivity contribution in [1.29, 1.82) is 5.26 Å². The average Bonchev–Trinajstić information content (AvgIpc) is 3.07. The number of rotatable bonds is 6. The van der Waals surface area contributed by atoms with Gasteiger partial charge in [0, 0.05) is 7.05 Å². The first-order valence-corrected chi connectivity index (χ1v) is 8.53. The van der Waals surface area contributed by atoms with Gasteiger partial charge in [-0.2, -0.15) is 9.94 Å². The smallest absolute Gasteiger partial charge is 0.234 e. The summed E-state index contributed by atoms with van der Waals surface area (Å²) in [5, 5.41) is 21.3. The van der Waals surface area contributed by atoms with E-state index in [9.17, 15) is 4.79 Å². The van der Waals surface area contributed by atoms with E-state index in [-0.39, 0.29) is 11.7 Å². The molecule has 1 amide bonds. The van der Waals surface area contributed by atoms with Crippen molar-refractivity contribution in [2.24, 2.45) is 0 Å². The highest BCUT2D eigenvalue weighted by molar-refractivity contribution is 7.99. The molecule has 1 aromatic heterocycles. The summed E-state index contributed by atoms with van der Waals surface area (Å²) in [7, 11) is 3.19. The first kappa shape index (κ1) is 18.7. The van der Waals surface area contributed by atoms with Gasteiger partial charge in [0.1, 0.15) is 17.0 Å². The summed E-state index contributed by atoms with van der Waals surface area (Å²) in [4.78, 5) is 13.7. The van der Waals surface area contributed by atoms with Gasteiger partial charge in [-0.05, 0) is 48.9 Å². The highest BCUT2D eigenvalue weighted by Crippen LogP contribution is 2.27. The van der Waals surface area contributed by atoms with E-state index in [0.717, 1.165) is 5.56 Å². The zero-order valence-electron chi connectivity index (χ0n) is 14.8. The molecule has 9 heteroatoms. The van der Waals surface area contributed by atoms with Crippen molar-refractivity contribution >= 4 is 17.7 Å². The number of aryl methyl sites for hydroxylation is 1. The van der Waals surface area contributed by atoms with Crippen LogP contribution in [0.25, 0.3) is 5.69 Å². The molecule has 0 spiro atoms. The van der Waals surface area contributed by atoms with Gasteiger partial charge in [0.25, 0.3) is 0 Å². The van der Waals surface area contributed by atoms with Gasteiger partial charge < -0.3 is 9.64 Å². The second kappa shape index (κ2) is 7.53. The number of hydrogen-bond donors (Lipinski definition) is 0. The number of aromatic nitrogens is 4. The molecule has 132 valence electrons. The Hall–Kier alpha value is -2.60. The van der Waals surface area contributed by atoms with E-state index in [0.29, 0.717) is 16.6 Å². The lowest BCUT2D eigenvalue weighted by Gasteiger charge is -2.28. The second-order valence-corrected chi connectivity index (χ2v) is 6.90. The predicted molar refractivity (Wildman–Crippen MR) is 93.6 cm³/mol. The fourth-order valence-electron chi connectivity index (χ4n) is 2.00. The minimum Gasteiger partial charge on any atom is -0.494 e. The van der Waals surface area contributed by atoms with Crippen LogP contribution >= 0.6 is 11.8 Å². The molecule has 0 atom stereocenters. The topological polar surface area (TPSA) is 96.9 Å². The van der Waals surface area contributed by atoms with Crippen molar-refractivity contribution in [3.8, 4) is 17.5 Å². The lowest BCUT2D eigenvalue weighted by Crippen LogP contribution is -2.44. The first-order chi connectivity index (χ1) is 11.8. The van der Waals surface area contributed by atoms with Crippen molar-refractivity contribution in [3.63, 3.8) is 0 Å². The molecule has 0 radical (unpaired) electrons. The van der Waals surface area contributed by atoms with E-state index >= 15 is 0 Å². The molecule has 0 saturated carbocycles. The molecule has 1 aromatic carbocycles. The Labute approximate surface area is 150 Å². The molecule has 0 unspecified atom stereocenters. The van der Waals surface area contributed by atoms with Crippen LogP contribution in [-0.4, -0.2) is 56.5 Å². The molecule has 0 bridgehead atoms. The van der Waals surface area contributed by atoms with Crippen molar-refractivity contribution in [3.05, 3.63) is 23.8 Å². The molecular weight excluding hydrogens is 340 g/mol. The summed E-state index contributed by atoms with van der Waals surface area (Å²) in [6, 6.07) is 7.79. The number of benzene rings is 1. The number of ether oxygens (including phenoxy) is 1. The lowest BCUT2D eigenvalue weighted by atomic mass is 10.1. The number of methoxy groups -OCH3 is 1. The van der Waals surface area contributed by atoms with Gasteiger partial charge in [-0.1, -0.05) is 17.8 Å². The SMILES string of the molecule is COc1ccc(C)cc1-n1nnnc1SCC(=O)N(C)C(C)(C)C#N. The second-order valence-electron chi connectivity index (χ2n) is 5.96. The highest BCUT2D eigenvalue weighted by Gasteiger charge is 2.27. The maximum atomic E-state index is 12.3. The monoisotopic (exact) mass is 360 g/mol. The summed E-state index contributed by atoms with van der Waals surface area (Å²) in [5.41, 5.74) is 0.866. The van der Waals surface area contributed by atoms with E-state index in [4.69, 9.17) is 10.00 Å². The van der Waals surface area contributed by atoms with Gasteiger partial charge >= 0.3 is 0 Å². The number of hydrogen-bond acceptors (Lipinski definition) is 7. The molecule has 0 aliphatic heterocycles. The largest absolute Gasteiger partial charge is 0.494 e. The summed E-state index contributed by atoms with van der Waals surface area (Å²) in [5.74, 6) is 0.576. The third-order valence-corrected chi connectivity index (χ3v) is 4.72. The molecular formula is C16H20N6O2S. The molecule has 25 heavy (non-hydrogen) atoms. The average molecular weight is 360 g/mol. The number of nitrogens with zero attached hydrogens (tertiary/aromatic N) is 6. The van der Waals surface area contributed by atoms with Gasteiger partial charge in [0.15, 0.2) is 0 Å². The van der Waals surface area contributed by atoms with Crippen molar-refractivity contribution in [2.75, 3.05) is 19.9 Å². The van der Waals surface area contributed by atoms with E-state index in [1.54, 1.807) is 32.7 Å². The zero-order valence-corrected chi connectivity index (χ0v) is 15.7. The Bertz CT molecular complexity index is 811. The molecule has 0 fully saturated rings. The van der Waals surface area contributed by atoms with Crippen molar-refractivity contribution in [2.45, 2.75) is 31.5 Å². The van der Waals surface area contributed by atoms with Gasteiger partial charge in [-0.3, -0.25) is 4.79 Å². The summed E-state index contributed by atoms with van der Waals surface area (Å²) < 4.78 is 6.91.